The SMILES string of the molecule is COc1cccc([C@@H]2OCC[C@]3(NC(C)=O)C4CC(C[C@@H]23)C(C)(C)N[C@@H]4C)c1. The lowest BCUT2D eigenvalue weighted by molar-refractivity contribution is -0.160. The van der Waals surface area contributed by atoms with Gasteiger partial charge in [0, 0.05) is 31.0 Å². The second kappa shape index (κ2) is 7.03. The fourth-order valence-electron chi connectivity index (χ4n) is 6.41. The number of carbonyl (C=O) groups is 1. The average Bonchev–Trinajstić information content (AvgIpc) is 2.64. The highest BCUT2D eigenvalue weighted by Gasteiger charge is 2.60. The van der Waals surface area contributed by atoms with Gasteiger partial charge in [0.15, 0.2) is 0 Å². The molecule has 6 atom stereocenters. The van der Waals surface area contributed by atoms with Gasteiger partial charge in [-0.25, -0.2) is 0 Å². The third kappa shape index (κ3) is 3.13. The maximum Gasteiger partial charge on any atom is 0.217 e. The highest BCUT2D eigenvalue weighted by atomic mass is 16.5. The summed E-state index contributed by atoms with van der Waals surface area (Å²) in [7, 11) is 1.70. The largest absolute Gasteiger partial charge is 0.497 e. The molecule has 3 fully saturated rings. The number of methoxy groups -OCH3 is 1. The normalized spacial score (nSPS) is 39.0. The highest BCUT2D eigenvalue weighted by molar-refractivity contribution is 5.74. The molecular weight excluding hydrogens is 352 g/mol. The summed E-state index contributed by atoms with van der Waals surface area (Å²) in [6.07, 6.45) is 3.05. The van der Waals surface area contributed by atoms with Gasteiger partial charge in [0.1, 0.15) is 5.75 Å². The van der Waals surface area contributed by atoms with Gasteiger partial charge in [-0.05, 0) is 69.6 Å². The van der Waals surface area contributed by atoms with Crippen LogP contribution >= 0.6 is 0 Å². The van der Waals surface area contributed by atoms with Crippen LogP contribution in [0, 0.1) is 17.8 Å². The maximum absolute atomic E-state index is 12.3. The van der Waals surface area contributed by atoms with E-state index in [-0.39, 0.29) is 29.0 Å². The molecule has 0 radical (unpaired) electrons. The summed E-state index contributed by atoms with van der Waals surface area (Å²) in [4.78, 5) is 12.3. The Morgan fingerprint density at radius 1 is 1.29 bits per heavy atom. The molecule has 2 N–H and O–H groups in total. The van der Waals surface area contributed by atoms with Gasteiger partial charge in [-0.3, -0.25) is 4.79 Å². The second-order valence-corrected chi connectivity index (χ2v) is 9.58. The zero-order valence-electron chi connectivity index (χ0n) is 17.7. The summed E-state index contributed by atoms with van der Waals surface area (Å²) in [6.45, 7) is 9.24. The topological polar surface area (TPSA) is 59.6 Å². The molecule has 2 unspecified atom stereocenters. The number of nitrogens with one attached hydrogen (secondary N) is 2. The Morgan fingerprint density at radius 3 is 2.75 bits per heavy atom. The lowest BCUT2D eigenvalue weighted by Gasteiger charge is -2.63. The van der Waals surface area contributed by atoms with E-state index in [0.29, 0.717) is 24.5 Å². The van der Waals surface area contributed by atoms with E-state index >= 15 is 0 Å². The third-order valence-electron chi connectivity index (χ3n) is 7.63. The lowest BCUT2D eigenvalue weighted by atomic mass is 9.52. The number of fused-ring (bicyclic) bond motifs is 4. The summed E-state index contributed by atoms with van der Waals surface area (Å²) in [5.74, 6) is 2.14. The summed E-state index contributed by atoms with van der Waals surface area (Å²) in [5, 5.41) is 7.30. The van der Waals surface area contributed by atoms with E-state index < -0.39 is 0 Å². The van der Waals surface area contributed by atoms with Crippen molar-refractivity contribution in [2.24, 2.45) is 17.8 Å². The molecule has 1 aliphatic carbocycles. The minimum atomic E-state index is -0.225. The van der Waals surface area contributed by atoms with Crippen LogP contribution in [-0.2, 0) is 9.53 Å². The smallest absolute Gasteiger partial charge is 0.217 e. The van der Waals surface area contributed by atoms with Crippen molar-refractivity contribution in [1.29, 1.82) is 0 Å². The molecule has 1 saturated carbocycles. The van der Waals surface area contributed by atoms with Crippen LogP contribution in [0.3, 0.4) is 0 Å². The van der Waals surface area contributed by atoms with Gasteiger partial charge < -0.3 is 20.1 Å². The van der Waals surface area contributed by atoms with Gasteiger partial charge in [0.2, 0.25) is 5.91 Å². The molecular formula is C23H34N2O3. The van der Waals surface area contributed by atoms with Crippen LogP contribution in [0.5, 0.6) is 5.75 Å². The number of amides is 1. The van der Waals surface area contributed by atoms with Crippen LogP contribution in [0.4, 0.5) is 0 Å². The lowest BCUT2D eigenvalue weighted by Crippen LogP contribution is -2.73. The molecule has 2 aliphatic heterocycles. The molecule has 1 aromatic carbocycles. The summed E-state index contributed by atoms with van der Waals surface area (Å²) in [6, 6.07) is 8.58. The van der Waals surface area contributed by atoms with E-state index in [4.69, 9.17) is 9.47 Å². The third-order valence-corrected chi connectivity index (χ3v) is 7.63. The maximum atomic E-state index is 12.3. The van der Waals surface area contributed by atoms with Gasteiger partial charge in [-0.15, -0.1) is 0 Å². The standard InChI is InChI=1S/C23H34N2O3/c1-14-19-12-17(22(3,4)24-14)13-20-21(16-7-6-8-18(11-16)27-5)28-10-9-23(19,20)25-15(2)26/h6-8,11,14,17,19-21,24H,9-10,12-13H2,1-5H3,(H,25,26)/t14-,17?,19?,20+,21+,23+/m1/s1. The summed E-state index contributed by atoms with van der Waals surface area (Å²) < 4.78 is 11.8. The molecule has 2 saturated heterocycles. The molecule has 2 heterocycles. The fraction of sp³-hybridized carbons (Fsp3) is 0.696. The Morgan fingerprint density at radius 2 is 2.04 bits per heavy atom. The van der Waals surface area contributed by atoms with Crippen LogP contribution in [0.2, 0.25) is 0 Å². The quantitative estimate of drug-likeness (QED) is 0.835. The molecule has 3 aliphatic rings. The molecule has 0 aromatic heterocycles. The number of benzene rings is 1. The molecule has 5 heteroatoms. The predicted molar refractivity (Wildman–Crippen MR) is 109 cm³/mol. The minimum Gasteiger partial charge on any atom is -0.497 e. The molecule has 1 aromatic rings. The van der Waals surface area contributed by atoms with Crippen LogP contribution < -0.4 is 15.4 Å². The molecule has 1 amide bonds. The Labute approximate surface area is 168 Å². The minimum absolute atomic E-state index is 0.0258. The van der Waals surface area contributed by atoms with Crippen molar-refractivity contribution in [2.45, 2.75) is 70.2 Å². The Bertz CT molecular complexity index is 749. The van der Waals surface area contributed by atoms with E-state index in [9.17, 15) is 4.79 Å². The van der Waals surface area contributed by atoms with E-state index in [0.717, 1.165) is 30.6 Å². The number of ether oxygens (including phenoxy) is 2. The molecule has 4 rings (SSSR count). The number of hydrogen-bond donors (Lipinski definition) is 2. The van der Waals surface area contributed by atoms with E-state index in [1.807, 2.05) is 12.1 Å². The summed E-state index contributed by atoms with van der Waals surface area (Å²) >= 11 is 0. The Balaban J connectivity index is 1.78. The van der Waals surface area contributed by atoms with Crippen molar-refractivity contribution < 1.29 is 14.3 Å². The number of hydrogen-bond acceptors (Lipinski definition) is 4. The zero-order valence-corrected chi connectivity index (χ0v) is 17.7. The van der Waals surface area contributed by atoms with Crippen molar-refractivity contribution in [1.82, 2.24) is 10.6 Å². The van der Waals surface area contributed by atoms with Gasteiger partial charge in [-0.1, -0.05) is 12.1 Å². The van der Waals surface area contributed by atoms with Crippen molar-refractivity contribution in [3.05, 3.63) is 29.8 Å². The molecule has 2 bridgehead atoms. The van der Waals surface area contributed by atoms with E-state index in [1.54, 1.807) is 14.0 Å². The Hall–Kier alpha value is -1.59. The predicted octanol–water partition coefficient (Wildman–Crippen LogP) is 3.44. The molecule has 154 valence electrons. The molecule has 0 spiro atoms. The van der Waals surface area contributed by atoms with Gasteiger partial charge in [-0.2, -0.15) is 0 Å². The first-order valence-corrected chi connectivity index (χ1v) is 10.6. The number of rotatable bonds is 3. The second-order valence-electron chi connectivity index (χ2n) is 9.58. The van der Waals surface area contributed by atoms with E-state index in [2.05, 4.69) is 43.5 Å². The van der Waals surface area contributed by atoms with Crippen LogP contribution in [0.1, 0.15) is 58.6 Å². The van der Waals surface area contributed by atoms with E-state index in [1.165, 1.54) is 0 Å². The molecule has 28 heavy (non-hydrogen) atoms. The van der Waals surface area contributed by atoms with Crippen LogP contribution in [0.15, 0.2) is 24.3 Å². The monoisotopic (exact) mass is 386 g/mol. The van der Waals surface area contributed by atoms with Crippen LogP contribution in [-0.4, -0.2) is 36.7 Å². The fourth-order valence-corrected chi connectivity index (χ4v) is 6.41. The Kier molecular flexibility index (Phi) is 4.95. The number of piperidine rings is 1. The highest BCUT2D eigenvalue weighted by Crippen LogP contribution is 2.57. The van der Waals surface area contributed by atoms with Crippen molar-refractivity contribution in [3.8, 4) is 5.75 Å². The van der Waals surface area contributed by atoms with Gasteiger partial charge in [0.05, 0.1) is 18.8 Å². The molecule has 5 nitrogen and oxygen atoms in total. The van der Waals surface area contributed by atoms with Crippen molar-refractivity contribution in [2.75, 3.05) is 13.7 Å². The van der Waals surface area contributed by atoms with Crippen molar-refractivity contribution in [3.63, 3.8) is 0 Å². The van der Waals surface area contributed by atoms with Crippen LogP contribution in [0.25, 0.3) is 0 Å². The van der Waals surface area contributed by atoms with Gasteiger partial charge in [0.25, 0.3) is 0 Å². The first-order chi connectivity index (χ1) is 13.3. The average molecular weight is 387 g/mol. The zero-order chi connectivity index (χ0) is 20.1. The first-order valence-electron chi connectivity index (χ1n) is 10.6. The first kappa shape index (κ1) is 19.7. The van der Waals surface area contributed by atoms with Gasteiger partial charge >= 0.3 is 0 Å². The number of carbonyl (C=O) groups excluding carboxylic acids is 1. The summed E-state index contributed by atoms with van der Waals surface area (Å²) in [5.41, 5.74) is 1.02. The van der Waals surface area contributed by atoms with Crippen molar-refractivity contribution >= 4 is 5.91 Å².